The third-order valence-electron chi connectivity index (χ3n) is 5.48. The van der Waals surface area contributed by atoms with E-state index in [1.54, 1.807) is 0 Å². The van der Waals surface area contributed by atoms with E-state index < -0.39 is 6.10 Å². The van der Waals surface area contributed by atoms with Crippen molar-refractivity contribution in [2.24, 2.45) is 11.1 Å². The van der Waals surface area contributed by atoms with Crippen LogP contribution in [0.2, 0.25) is 5.02 Å². The Labute approximate surface area is 199 Å². The maximum Gasteiger partial charge on any atom is 0.231 e. The number of nitrogens with zero attached hydrogens (tertiary/aromatic N) is 2. The molecule has 2 aliphatic heterocycles. The van der Waals surface area contributed by atoms with Gasteiger partial charge in [-0.2, -0.15) is 0 Å². The monoisotopic (exact) mass is 474 g/mol. The lowest BCUT2D eigenvalue weighted by molar-refractivity contribution is -0.00734. The zero-order valence-corrected chi connectivity index (χ0v) is 19.8. The van der Waals surface area contributed by atoms with Gasteiger partial charge in [0.25, 0.3) is 0 Å². The molecular formula is C25H31ClN2O5. The first-order chi connectivity index (χ1) is 16.0. The number of fused-ring (bicyclic) bond motifs is 1. The highest BCUT2D eigenvalue weighted by Crippen LogP contribution is 2.33. The second-order valence-corrected chi connectivity index (χ2v) is 9.32. The van der Waals surface area contributed by atoms with Crippen LogP contribution in [0.25, 0.3) is 0 Å². The van der Waals surface area contributed by atoms with E-state index in [1.165, 1.54) is 0 Å². The molecule has 0 fully saturated rings. The molecule has 178 valence electrons. The standard InChI is InChI=1S/C25H31ClN2O5/c1-17(2)14-30-15-20(29)12-28(11-19-5-3-4-6-22(19)26)13-21-10-23(27-33-21)18-7-8-24-25(9-18)32-16-31-24/h3-9,17,20-21,29H,10-16H2,1-2H3/t20-,21-/m0/s1. The highest BCUT2D eigenvalue weighted by Gasteiger charge is 2.27. The second kappa shape index (κ2) is 11.2. The maximum atomic E-state index is 10.6. The van der Waals surface area contributed by atoms with Crippen molar-refractivity contribution in [2.45, 2.75) is 39.0 Å². The number of hydrogen-bond donors (Lipinski definition) is 1. The summed E-state index contributed by atoms with van der Waals surface area (Å²) in [6.07, 6.45) is -0.0721. The third kappa shape index (κ3) is 6.60. The summed E-state index contributed by atoms with van der Waals surface area (Å²) in [7, 11) is 0. The molecule has 0 aromatic heterocycles. The predicted molar refractivity (Wildman–Crippen MR) is 127 cm³/mol. The normalized spacial score (nSPS) is 18.0. The van der Waals surface area contributed by atoms with Crippen LogP contribution >= 0.6 is 11.6 Å². The fraction of sp³-hybridized carbons (Fsp3) is 0.480. The number of ether oxygens (including phenoxy) is 3. The number of benzene rings is 2. The number of oxime groups is 1. The molecule has 0 radical (unpaired) electrons. The highest BCUT2D eigenvalue weighted by molar-refractivity contribution is 6.31. The molecule has 2 heterocycles. The molecule has 7 nitrogen and oxygen atoms in total. The average molecular weight is 475 g/mol. The average Bonchev–Trinajstić information content (AvgIpc) is 3.44. The molecule has 0 saturated heterocycles. The SMILES string of the molecule is CC(C)COC[C@@H](O)CN(Cc1ccccc1Cl)C[C@@H]1CC(c2ccc3c(c2)OCO3)=NO1. The summed E-state index contributed by atoms with van der Waals surface area (Å²) in [5.74, 6) is 1.90. The Morgan fingerprint density at radius 3 is 2.79 bits per heavy atom. The van der Waals surface area contributed by atoms with Gasteiger partial charge in [0.15, 0.2) is 11.5 Å². The fourth-order valence-corrected chi connectivity index (χ4v) is 4.12. The van der Waals surface area contributed by atoms with Crippen LogP contribution in [0, 0.1) is 5.92 Å². The fourth-order valence-electron chi connectivity index (χ4n) is 3.92. The van der Waals surface area contributed by atoms with E-state index in [0.717, 1.165) is 28.3 Å². The lowest BCUT2D eigenvalue weighted by Crippen LogP contribution is -2.39. The molecule has 2 atom stereocenters. The minimum atomic E-state index is -0.609. The maximum absolute atomic E-state index is 10.6. The van der Waals surface area contributed by atoms with Crippen LogP contribution in [-0.4, -0.2) is 61.0 Å². The Kier molecular flexibility index (Phi) is 8.09. The molecule has 0 unspecified atom stereocenters. The molecule has 0 aliphatic carbocycles. The molecule has 2 aromatic carbocycles. The van der Waals surface area contributed by atoms with Crippen LogP contribution in [0.15, 0.2) is 47.6 Å². The first-order valence-corrected chi connectivity index (χ1v) is 11.7. The summed E-state index contributed by atoms with van der Waals surface area (Å²) in [6, 6.07) is 13.6. The zero-order valence-electron chi connectivity index (χ0n) is 19.1. The van der Waals surface area contributed by atoms with E-state index in [-0.39, 0.29) is 12.9 Å². The van der Waals surface area contributed by atoms with Crippen molar-refractivity contribution in [3.05, 3.63) is 58.6 Å². The summed E-state index contributed by atoms with van der Waals surface area (Å²) in [5.41, 5.74) is 2.84. The molecule has 8 heteroatoms. The Morgan fingerprint density at radius 2 is 1.97 bits per heavy atom. The summed E-state index contributed by atoms with van der Waals surface area (Å²) < 4.78 is 16.5. The number of aliphatic hydroxyl groups is 1. The van der Waals surface area contributed by atoms with Crippen molar-refractivity contribution >= 4 is 17.3 Å². The van der Waals surface area contributed by atoms with Gasteiger partial charge in [0.05, 0.1) is 18.4 Å². The number of hydrogen-bond acceptors (Lipinski definition) is 7. The van der Waals surface area contributed by atoms with Crippen LogP contribution in [-0.2, 0) is 16.1 Å². The summed E-state index contributed by atoms with van der Waals surface area (Å²) in [5, 5.41) is 15.6. The van der Waals surface area contributed by atoms with Gasteiger partial charge in [-0.25, -0.2) is 0 Å². The van der Waals surface area contributed by atoms with E-state index in [4.69, 9.17) is 30.6 Å². The van der Waals surface area contributed by atoms with Crippen molar-refractivity contribution < 1.29 is 24.2 Å². The Morgan fingerprint density at radius 1 is 1.15 bits per heavy atom. The molecule has 4 rings (SSSR count). The van der Waals surface area contributed by atoms with Gasteiger partial charge in [-0.1, -0.05) is 48.8 Å². The van der Waals surface area contributed by atoms with Gasteiger partial charge < -0.3 is 24.2 Å². The van der Waals surface area contributed by atoms with Gasteiger partial charge in [-0.15, -0.1) is 0 Å². The largest absolute Gasteiger partial charge is 0.454 e. The van der Waals surface area contributed by atoms with Crippen LogP contribution in [0.1, 0.15) is 31.4 Å². The molecule has 0 saturated carbocycles. The van der Waals surface area contributed by atoms with Crippen molar-refractivity contribution in [2.75, 3.05) is 33.1 Å². The Balaban J connectivity index is 1.37. The minimum absolute atomic E-state index is 0.128. The first kappa shape index (κ1) is 23.8. The molecule has 1 N–H and O–H groups in total. The van der Waals surface area contributed by atoms with Crippen molar-refractivity contribution in [3.63, 3.8) is 0 Å². The molecular weight excluding hydrogens is 444 g/mol. The molecule has 0 spiro atoms. The number of rotatable bonds is 11. The van der Waals surface area contributed by atoms with E-state index in [1.807, 2.05) is 42.5 Å². The molecule has 0 amide bonds. The third-order valence-corrected chi connectivity index (χ3v) is 5.85. The van der Waals surface area contributed by atoms with E-state index in [0.29, 0.717) is 50.2 Å². The number of halogens is 1. The highest BCUT2D eigenvalue weighted by atomic mass is 35.5. The molecule has 2 aliphatic rings. The van der Waals surface area contributed by atoms with Gasteiger partial charge in [-0.3, -0.25) is 4.90 Å². The first-order valence-electron chi connectivity index (χ1n) is 11.3. The van der Waals surface area contributed by atoms with Gasteiger partial charge in [-0.05, 0) is 35.7 Å². The van der Waals surface area contributed by atoms with E-state index in [2.05, 4.69) is 23.9 Å². The van der Waals surface area contributed by atoms with Crippen molar-refractivity contribution in [1.82, 2.24) is 4.90 Å². The van der Waals surface area contributed by atoms with Crippen molar-refractivity contribution in [1.29, 1.82) is 0 Å². The van der Waals surface area contributed by atoms with Gasteiger partial charge in [0, 0.05) is 43.2 Å². The summed E-state index contributed by atoms with van der Waals surface area (Å²) in [4.78, 5) is 7.91. The lowest BCUT2D eigenvalue weighted by Gasteiger charge is -2.27. The van der Waals surface area contributed by atoms with Crippen LogP contribution in [0.4, 0.5) is 0 Å². The summed E-state index contributed by atoms with van der Waals surface area (Å²) in [6.45, 7) is 6.98. The van der Waals surface area contributed by atoms with Crippen LogP contribution in [0.3, 0.4) is 0 Å². The minimum Gasteiger partial charge on any atom is -0.454 e. The van der Waals surface area contributed by atoms with E-state index >= 15 is 0 Å². The lowest BCUT2D eigenvalue weighted by atomic mass is 10.0. The topological polar surface area (TPSA) is 72.8 Å². The van der Waals surface area contributed by atoms with Crippen LogP contribution in [0.5, 0.6) is 11.5 Å². The molecule has 2 aromatic rings. The zero-order chi connectivity index (χ0) is 23.2. The molecule has 33 heavy (non-hydrogen) atoms. The van der Waals surface area contributed by atoms with Gasteiger partial charge >= 0.3 is 0 Å². The molecule has 0 bridgehead atoms. The smallest absolute Gasteiger partial charge is 0.231 e. The van der Waals surface area contributed by atoms with Crippen LogP contribution < -0.4 is 9.47 Å². The van der Waals surface area contributed by atoms with Gasteiger partial charge in [0.2, 0.25) is 6.79 Å². The number of aliphatic hydroxyl groups excluding tert-OH is 1. The Hall–Kier alpha value is -2.32. The summed E-state index contributed by atoms with van der Waals surface area (Å²) >= 11 is 6.40. The van der Waals surface area contributed by atoms with E-state index in [9.17, 15) is 5.11 Å². The van der Waals surface area contributed by atoms with Gasteiger partial charge in [0.1, 0.15) is 6.10 Å². The van der Waals surface area contributed by atoms with Crippen molar-refractivity contribution in [3.8, 4) is 11.5 Å². The predicted octanol–water partition coefficient (Wildman–Crippen LogP) is 4.10. The second-order valence-electron chi connectivity index (χ2n) is 8.91. The quantitative estimate of drug-likeness (QED) is 0.528. The Bertz CT molecular complexity index is 968.